The summed E-state index contributed by atoms with van der Waals surface area (Å²) in [6, 6.07) is 8.72. The highest BCUT2D eigenvalue weighted by atomic mass is 35.5. The van der Waals surface area contributed by atoms with Gasteiger partial charge >= 0.3 is 5.97 Å². The van der Waals surface area contributed by atoms with Crippen LogP contribution < -0.4 is 10.5 Å². The number of hydrogen-bond acceptors (Lipinski definition) is 3. The summed E-state index contributed by atoms with van der Waals surface area (Å²) in [6.45, 7) is 0.0593. The molecule has 0 heterocycles. The number of ether oxygens (including phenoxy) is 1. The molecule has 0 unspecified atom stereocenters. The molecular weight excluding hydrogens is 285 g/mol. The van der Waals surface area contributed by atoms with Gasteiger partial charge in [0.1, 0.15) is 23.7 Å². The van der Waals surface area contributed by atoms with E-state index in [1.165, 1.54) is 30.3 Å². The number of nitrogens with two attached hydrogens (primary N) is 1. The number of nitrogen functional groups attached to an aromatic ring is 1. The number of carboxylic acid groups (broad SMARTS) is 1. The Balaban J connectivity index is 2.21. The van der Waals surface area contributed by atoms with Crippen LogP contribution in [0.5, 0.6) is 5.75 Å². The average molecular weight is 296 g/mol. The monoisotopic (exact) mass is 295 g/mol. The number of halogens is 2. The molecule has 0 saturated carbocycles. The molecular formula is C14H11ClFNO3. The Morgan fingerprint density at radius 1 is 1.35 bits per heavy atom. The Hall–Kier alpha value is -2.27. The third-order valence-corrected chi connectivity index (χ3v) is 2.94. The first-order valence-electron chi connectivity index (χ1n) is 5.67. The van der Waals surface area contributed by atoms with Gasteiger partial charge < -0.3 is 15.6 Å². The van der Waals surface area contributed by atoms with Gasteiger partial charge in [0.2, 0.25) is 0 Å². The molecule has 104 valence electrons. The Bertz CT molecular complexity index is 661. The fourth-order valence-electron chi connectivity index (χ4n) is 1.69. The highest BCUT2D eigenvalue weighted by molar-refractivity contribution is 6.30. The number of aromatic carboxylic acids is 1. The summed E-state index contributed by atoms with van der Waals surface area (Å²) in [5.74, 6) is -1.54. The van der Waals surface area contributed by atoms with E-state index >= 15 is 0 Å². The first-order chi connectivity index (χ1) is 9.49. The van der Waals surface area contributed by atoms with Gasteiger partial charge in [0.05, 0.1) is 5.02 Å². The standard InChI is InChI=1S/C14H11ClFNO3/c15-9-6-8(4-5-10(9)16)7-20-12-3-1-2-11(17)13(12)14(18)19/h1-6H,7,17H2,(H,18,19). The van der Waals surface area contributed by atoms with Crippen LogP contribution in [-0.4, -0.2) is 11.1 Å². The normalized spacial score (nSPS) is 10.3. The summed E-state index contributed by atoms with van der Waals surface area (Å²) in [7, 11) is 0. The summed E-state index contributed by atoms with van der Waals surface area (Å²) in [5.41, 5.74) is 6.25. The molecule has 3 N–H and O–H groups in total. The molecule has 4 nitrogen and oxygen atoms in total. The van der Waals surface area contributed by atoms with Gasteiger partial charge in [-0.25, -0.2) is 9.18 Å². The zero-order chi connectivity index (χ0) is 14.7. The zero-order valence-electron chi connectivity index (χ0n) is 10.3. The lowest BCUT2D eigenvalue weighted by Crippen LogP contribution is -2.07. The molecule has 0 spiro atoms. The van der Waals surface area contributed by atoms with Crippen LogP contribution in [0.2, 0.25) is 5.02 Å². The number of carboxylic acids is 1. The van der Waals surface area contributed by atoms with Crippen LogP contribution in [0.3, 0.4) is 0 Å². The van der Waals surface area contributed by atoms with E-state index in [1.807, 2.05) is 0 Å². The van der Waals surface area contributed by atoms with Crippen LogP contribution in [0.1, 0.15) is 15.9 Å². The first-order valence-corrected chi connectivity index (χ1v) is 6.05. The summed E-state index contributed by atoms with van der Waals surface area (Å²) < 4.78 is 18.4. The van der Waals surface area contributed by atoms with Gasteiger partial charge in [-0.05, 0) is 29.8 Å². The van der Waals surface area contributed by atoms with Gasteiger partial charge in [0.15, 0.2) is 0 Å². The van der Waals surface area contributed by atoms with Gasteiger partial charge in [-0.15, -0.1) is 0 Å². The number of benzene rings is 2. The van der Waals surface area contributed by atoms with E-state index in [4.69, 9.17) is 27.2 Å². The van der Waals surface area contributed by atoms with Crippen LogP contribution in [0.4, 0.5) is 10.1 Å². The second-order valence-corrected chi connectivity index (χ2v) is 4.47. The van der Waals surface area contributed by atoms with Crippen molar-refractivity contribution in [1.29, 1.82) is 0 Å². The van der Waals surface area contributed by atoms with E-state index in [9.17, 15) is 9.18 Å². The predicted octanol–water partition coefficient (Wildman–Crippen LogP) is 3.34. The summed E-state index contributed by atoms with van der Waals surface area (Å²) in [5, 5.41) is 9.08. The van der Waals surface area contributed by atoms with Crippen LogP contribution in [0.25, 0.3) is 0 Å². The molecule has 0 bridgehead atoms. The van der Waals surface area contributed by atoms with E-state index < -0.39 is 11.8 Å². The highest BCUT2D eigenvalue weighted by Gasteiger charge is 2.15. The molecule has 0 atom stereocenters. The van der Waals surface area contributed by atoms with Crippen molar-refractivity contribution >= 4 is 23.3 Å². The molecule has 0 fully saturated rings. The Morgan fingerprint density at radius 2 is 2.10 bits per heavy atom. The average Bonchev–Trinajstić information content (AvgIpc) is 2.39. The van der Waals surface area contributed by atoms with Crippen molar-refractivity contribution in [1.82, 2.24) is 0 Å². The second-order valence-electron chi connectivity index (χ2n) is 4.06. The van der Waals surface area contributed by atoms with Gasteiger partial charge in [-0.3, -0.25) is 0 Å². The topological polar surface area (TPSA) is 72.5 Å². The Kier molecular flexibility index (Phi) is 4.10. The molecule has 0 amide bonds. The maximum atomic E-state index is 13.0. The Morgan fingerprint density at radius 3 is 2.75 bits per heavy atom. The fraction of sp³-hybridized carbons (Fsp3) is 0.0714. The third-order valence-electron chi connectivity index (χ3n) is 2.65. The van der Waals surface area contributed by atoms with E-state index in [0.717, 1.165) is 0 Å². The molecule has 2 aromatic rings. The van der Waals surface area contributed by atoms with Crippen molar-refractivity contribution in [2.75, 3.05) is 5.73 Å². The first kappa shape index (κ1) is 14.1. The van der Waals surface area contributed by atoms with Crippen molar-refractivity contribution in [3.63, 3.8) is 0 Å². The Labute approximate surface area is 119 Å². The smallest absolute Gasteiger partial charge is 0.341 e. The number of carbonyl (C=O) groups is 1. The number of hydrogen-bond donors (Lipinski definition) is 2. The molecule has 0 aromatic heterocycles. The molecule has 2 rings (SSSR count). The van der Waals surface area contributed by atoms with Crippen molar-refractivity contribution in [2.24, 2.45) is 0 Å². The van der Waals surface area contributed by atoms with Crippen molar-refractivity contribution in [2.45, 2.75) is 6.61 Å². The van der Waals surface area contributed by atoms with E-state index in [2.05, 4.69) is 0 Å². The summed E-state index contributed by atoms with van der Waals surface area (Å²) in [4.78, 5) is 11.1. The summed E-state index contributed by atoms with van der Waals surface area (Å²) >= 11 is 5.66. The van der Waals surface area contributed by atoms with Gasteiger partial charge in [-0.1, -0.05) is 23.7 Å². The fourth-order valence-corrected chi connectivity index (χ4v) is 1.89. The maximum absolute atomic E-state index is 13.0. The SMILES string of the molecule is Nc1cccc(OCc2ccc(F)c(Cl)c2)c1C(=O)O. The largest absolute Gasteiger partial charge is 0.488 e. The second kappa shape index (κ2) is 5.79. The minimum Gasteiger partial charge on any atom is -0.488 e. The van der Waals surface area contributed by atoms with E-state index in [1.54, 1.807) is 6.07 Å². The molecule has 0 aliphatic carbocycles. The van der Waals surface area contributed by atoms with Crippen LogP contribution in [0.15, 0.2) is 36.4 Å². The third kappa shape index (κ3) is 3.00. The van der Waals surface area contributed by atoms with Crippen molar-refractivity contribution in [3.8, 4) is 5.75 Å². The van der Waals surface area contributed by atoms with Gasteiger partial charge in [0.25, 0.3) is 0 Å². The molecule has 0 aliphatic heterocycles. The lowest BCUT2D eigenvalue weighted by Gasteiger charge is -2.11. The number of rotatable bonds is 4. The zero-order valence-corrected chi connectivity index (χ0v) is 11.0. The molecule has 0 saturated heterocycles. The van der Waals surface area contributed by atoms with Gasteiger partial charge in [0, 0.05) is 5.69 Å². The predicted molar refractivity (Wildman–Crippen MR) is 73.6 cm³/mol. The van der Waals surface area contributed by atoms with Crippen LogP contribution in [-0.2, 0) is 6.61 Å². The lowest BCUT2D eigenvalue weighted by atomic mass is 10.1. The van der Waals surface area contributed by atoms with Crippen molar-refractivity contribution < 1.29 is 19.0 Å². The lowest BCUT2D eigenvalue weighted by molar-refractivity contribution is 0.0693. The molecule has 0 aliphatic rings. The molecule has 20 heavy (non-hydrogen) atoms. The molecule has 2 aromatic carbocycles. The minimum absolute atomic E-state index is 0.0165. The van der Waals surface area contributed by atoms with Gasteiger partial charge in [-0.2, -0.15) is 0 Å². The van der Waals surface area contributed by atoms with Crippen LogP contribution >= 0.6 is 11.6 Å². The quantitative estimate of drug-likeness (QED) is 0.849. The number of anilines is 1. The van der Waals surface area contributed by atoms with E-state index in [0.29, 0.717) is 5.56 Å². The molecule has 0 radical (unpaired) electrons. The van der Waals surface area contributed by atoms with E-state index in [-0.39, 0.29) is 28.6 Å². The molecule has 6 heteroatoms. The summed E-state index contributed by atoms with van der Waals surface area (Å²) in [6.07, 6.45) is 0. The van der Waals surface area contributed by atoms with Crippen molar-refractivity contribution in [3.05, 3.63) is 58.4 Å². The van der Waals surface area contributed by atoms with Crippen LogP contribution in [0, 0.1) is 5.82 Å². The maximum Gasteiger partial charge on any atom is 0.341 e. The minimum atomic E-state index is -1.17. The highest BCUT2D eigenvalue weighted by Crippen LogP contribution is 2.25.